The quantitative estimate of drug-likeness (QED) is 0.821. The highest BCUT2D eigenvalue weighted by Gasteiger charge is 2.15. The van der Waals surface area contributed by atoms with E-state index in [2.05, 4.69) is 0 Å². The van der Waals surface area contributed by atoms with Gasteiger partial charge in [0.15, 0.2) is 11.5 Å². The lowest BCUT2D eigenvalue weighted by Gasteiger charge is -2.17. The van der Waals surface area contributed by atoms with Crippen molar-refractivity contribution in [2.45, 2.75) is 18.9 Å². The van der Waals surface area contributed by atoms with Gasteiger partial charge in [0.2, 0.25) is 0 Å². The second kappa shape index (κ2) is 8.17. The number of aliphatic hydroxyl groups excluding tert-OH is 1. The van der Waals surface area contributed by atoms with E-state index in [0.29, 0.717) is 17.9 Å². The summed E-state index contributed by atoms with van der Waals surface area (Å²) in [7, 11) is 3.20. The summed E-state index contributed by atoms with van der Waals surface area (Å²) in [6, 6.07) is 5.50. The number of hydrogen-bond donors (Lipinski definition) is 2. The lowest BCUT2D eigenvalue weighted by Crippen LogP contribution is -2.12. The number of nitrogens with two attached hydrogens (primary N) is 1. The SMILES string of the molecule is COc1cccc([C@@H](N)CCCO)c1OC.Cl. The minimum atomic E-state index is -0.141. The van der Waals surface area contributed by atoms with Crippen LogP contribution in [0.3, 0.4) is 0 Å². The van der Waals surface area contributed by atoms with Gasteiger partial charge in [-0.15, -0.1) is 12.4 Å². The molecule has 5 heteroatoms. The number of aliphatic hydroxyl groups is 1. The normalized spacial score (nSPS) is 11.5. The number of para-hydroxylation sites is 1. The van der Waals surface area contributed by atoms with Crippen LogP contribution in [-0.4, -0.2) is 25.9 Å². The molecule has 1 atom stereocenters. The van der Waals surface area contributed by atoms with Crippen LogP contribution in [0.15, 0.2) is 18.2 Å². The second-order valence-electron chi connectivity index (χ2n) is 3.56. The molecule has 0 saturated heterocycles. The van der Waals surface area contributed by atoms with Crippen LogP contribution in [0.2, 0.25) is 0 Å². The molecular weight excluding hydrogens is 242 g/mol. The van der Waals surface area contributed by atoms with Gasteiger partial charge in [-0.2, -0.15) is 0 Å². The number of methoxy groups -OCH3 is 2. The maximum Gasteiger partial charge on any atom is 0.165 e. The Morgan fingerprint density at radius 2 is 2.00 bits per heavy atom. The smallest absolute Gasteiger partial charge is 0.165 e. The summed E-state index contributed by atoms with van der Waals surface area (Å²) in [6.45, 7) is 0.153. The van der Waals surface area contributed by atoms with Gasteiger partial charge in [0.05, 0.1) is 14.2 Å². The van der Waals surface area contributed by atoms with E-state index in [0.717, 1.165) is 12.0 Å². The first-order valence-corrected chi connectivity index (χ1v) is 5.32. The van der Waals surface area contributed by atoms with Crippen LogP contribution in [0.5, 0.6) is 11.5 Å². The van der Waals surface area contributed by atoms with E-state index >= 15 is 0 Å². The third kappa shape index (κ3) is 4.07. The molecule has 0 aliphatic carbocycles. The van der Waals surface area contributed by atoms with Crippen molar-refractivity contribution in [1.29, 1.82) is 0 Å². The zero-order chi connectivity index (χ0) is 12.0. The monoisotopic (exact) mass is 261 g/mol. The molecule has 0 aromatic heterocycles. The van der Waals surface area contributed by atoms with Crippen LogP contribution in [0.4, 0.5) is 0 Å². The molecule has 1 rings (SSSR count). The minimum Gasteiger partial charge on any atom is -0.493 e. The lowest BCUT2D eigenvalue weighted by atomic mass is 10.0. The molecule has 0 heterocycles. The molecule has 3 N–H and O–H groups in total. The van der Waals surface area contributed by atoms with E-state index in [1.165, 1.54) is 0 Å². The van der Waals surface area contributed by atoms with E-state index in [1.807, 2.05) is 18.2 Å². The zero-order valence-corrected chi connectivity index (χ0v) is 11.0. The summed E-state index contributed by atoms with van der Waals surface area (Å²) >= 11 is 0. The molecule has 1 aromatic rings. The van der Waals surface area contributed by atoms with Crippen molar-refractivity contribution >= 4 is 12.4 Å². The highest BCUT2D eigenvalue weighted by Crippen LogP contribution is 2.34. The molecular formula is C12H20ClNO3. The summed E-state index contributed by atoms with van der Waals surface area (Å²) in [5.74, 6) is 1.36. The third-order valence-electron chi connectivity index (χ3n) is 2.51. The predicted molar refractivity (Wildman–Crippen MR) is 70.0 cm³/mol. The van der Waals surface area contributed by atoms with Crippen LogP contribution in [0.25, 0.3) is 0 Å². The molecule has 0 amide bonds. The molecule has 17 heavy (non-hydrogen) atoms. The molecule has 0 unspecified atom stereocenters. The third-order valence-corrected chi connectivity index (χ3v) is 2.51. The van der Waals surface area contributed by atoms with Gasteiger partial charge in [0.1, 0.15) is 0 Å². The van der Waals surface area contributed by atoms with Crippen molar-refractivity contribution in [2.75, 3.05) is 20.8 Å². The van der Waals surface area contributed by atoms with E-state index in [-0.39, 0.29) is 25.1 Å². The Morgan fingerprint density at radius 1 is 1.29 bits per heavy atom. The number of rotatable bonds is 6. The molecule has 98 valence electrons. The second-order valence-corrected chi connectivity index (χ2v) is 3.56. The summed E-state index contributed by atoms with van der Waals surface area (Å²) < 4.78 is 10.5. The molecule has 0 spiro atoms. The largest absolute Gasteiger partial charge is 0.493 e. The molecule has 0 saturated carbocycles. The Kier molecular flexibility index (Phi) is 7.70. The highest BCUT2D eigenvalue weighted by atomic mass is 35.5. The van der Waals surface area contributed by atoms with Crippen molar-refractivity contribution < 1.29 is 14.6 Å². The highest BCUT2D eigenvalue weighted by molar-refractivity contribution is 5.85. The summed E-state index contributed by atoms with van der Waals surface area (Å²) in [4.78, 5) is 0. The predicted octanol–water partition coefficient (Wildman–Crippen LogP) is 1.90. The Hall–Kier alpha value is -0.970. The van der Waals surface area contributed by atoms with Gasteiger partial charge < -0.3 is 20.3 Å². The Bertz CT molecular complexity index is 334. The van der Waals surface area contributed by atoms with Crippen LogP contribution in [0.1, 0.15) is 24.4 Å². The first kappa shape index (κ1) is 16.0. The Balaban J connectivity index is 0.00000256. The topological polar surface area (TPSA) is 64.7 Å². The summed E-state index contributed by atoms with van der Waals surface area (Å²) in [6.07, 6.45) is 1.40. The van der Waals surface area contributed by atoms with Crippen LogP contribution < -0.4 is 15.2 Å². The summed E-state index contributed by atoms with van der Waals surface area (Å²) in [5, 5.41) is 8.78. The van der Waals surface area contributed by atoms with Crippen molar-refractivity contribution in [3.8, 4) is 11.5 Å². The average Bonchev–Trinajstić information content (AvgIpc) is 2.34. The maximum atomic E-state index is 8.78. The van der Waals surface area contributed by atoms with Crippen molar-refractivity contribution in [3.63, 3.8) is 0 Å². The van der Waals surface area contributed by atoms with Crippen LogP contribution >= 0.6 is 12.4 Å². The van der Waals surface area contributed by atoms with Crippen LogP contribution in [-0.2, 0) is 0 Å². The molecule has 0 bridgehead atoms. The van der Waals surface area contributed by atoms with Gasteiger partial charge in [-0.3, -0.25) is 0 Å². The van der Waals surface area contributed by atoms with Gasteiger partial charge in [-0.05, 0) is 18.9 Å². The van der Waals surface area contributed by atoms with Crippen LogP contribution in [0, 0.1) is 0 Å². The number of hydrogen-bond acceptors (Lipinski definition) is 4. The zero-order valence-electron chi connectivity index (χ0n) is 10.2. The molecule has 1 aromatic carbocycles. The van der Waals surface area contributed by atoms with E-state index in [1.54, 1.807) is 14.2 Å². The number of benzene rings is 1. The first-order valence-electron chi connectivity index (χ1n) is 5.32. The van der Waals surface area contributed by atoms with E-state index in [9.17, 15) is 0 Å². The van der Waals surface area contributed by atoms with Gasteiger partial charge in [0.25, 0.3) is 0 Å². The first-order chi connectivity index (χ1) is 7.74. The standard InChI is InChI=1S/C12H19NO3.ClH/c1-15-11-7-3-5-9(12(11)16-2)10(13)6-4-8-14;/h3,5,7,10,14H,4,6,8,13H2,1-2H3;1H/t10-;/m0./s1. The fourth-order valence-electron chi connectivity index (χ4n) is 1.67. The Labute approximate surface area is 108 Å². The van der Waals surface area contributed by atoms with Gasteiger partial charge in [-0.25, -0.2) is 0 Å². The van der Waals surface area contributed by atoms with Gasteiger partial charge >= 0.3 is 0 Å². The molecule has 0 radical (unpaired) electrons. The molecule has 0 fully saturated rings. The average molecular weight is 262 g/mol. The number of halogens is 1. The van der Waals surface area contributed by atoms with Gasteiger partial charge in [-0.1, -0.05) is 12.1 Å². The van der Waals surface area contributed by atoms with E-state index < -0.39 is 0 Å². The van der Waals surface area contributed by atoms with Crippen molar-refractivity contribution in [3.05, 3.63) is 23.8 Å². The maximum absolute atomic E-state index is 8.78. The van der Waals surface area contributed by atoms with E-state index in [4.69, 9.17) is 20.3 Å². The van der Waals surface area contributed by atoms with Crippen molar-refractivity contribution in [1.82, 2.24) is 0 Å². The molecule has 0 aliphatic rings. The number of ether oxygens (including phenoxy) is 2. The molecule has 0 aliphatic heterocycles. The van der Waals surface area contributed by atoms with Gasteiger partial charge in [0, 0.05) is 18.2 Å². The van der Waals surface area contributed by atoms with Crippen molar-refractivity contribution in [2.24, 2.45) is 5.73 Å². The molecule has 4 nitrogen and oxygen atoms in total. The minimum absolute atomic E-state index is 0. The summed E-state index contributed by atoms with van der Waals surface area (Å²) in [5.41, 5.74) is 6.95. The lowest BCUT2D eigenvalue weighted by molar-refractivity contribution is 0.279. The fraction of sp³-hybridized carbons (Fsp3) is 0.500. The fourth-order valence-corrected chi connectivity index (χ4v) is 1.67. The Morgan fingerprint density at radius 3 is 2.53 bits per heavy atom.